The zero-order chi connectivity index (χ0) is 18.0. The molecule has 132 valence electrons. The van der Waals surface area contributed by atoms with E-state index in [1.165, 1.54) is 5.38 Å². The summed E-state index contributed by atoms with van der Waals surface area (Å²) in [6, 6.07) is 8.76. The average Bonchev–Trinajstić information content (AvgIpc) is 3.09. The van der Waals surface area contributed by atoms with Gasteiger partial charge in [0.1, 0.15) is 4.21 Å². The topological polar surface area (TPSA) is 107 Å². The van der Waals surface area contributed by atoms with Gasteiger partial charge in [-0.05, 0) is 30.5 Å². The van der Waals surface area contributed by atoms with Gasteiger partial charge in [0, 0.05) is 17.6 Å². The Morgan fingerprint density at radius 3 is 2.76 bits per heavy atom. The summed E-state index contributed by atoms with van der Waals surface area (Å²) in [4.78, 5) is 26.0. The molecule has 25 heavy (non-hydrogen) atoms. The van der Waals surface area contributed by atoms with Crippen LogP contribution in [0.4, 0.5) is 5.69 Å². The molecule has 2 heterocycles. The molecule has 1 aliphatic heterocycles. The first kappa shape index (κ1) is 17.6. The number of para-hydroxylation sites is 1. The van der Waals surface area contributed by atoms with E-state index in [2.05, 4.69) is 0 Å². The van der Waals surface area contributed by atoms with E-state index in [1.54, 1.807) is 4.90 Å². The normalized spacial score (nSPS) is 14.0. The number of primary sulfonamides is 1. The highest BCUT2D eigenvalue weighted by atomic mass is 32.2. The van der Waals surface area contributed by atoms with Gasteiger partial charge in [-0.15, -0.1) is 11.3 Å². The molecular formula is C16H16N2O5S2. The summed E-state index contributed by atoms with van der Waals surface area (Å²) in [5.74, 6) is -1.08. The summed E-state index contributed by atoms with van der Waals surface area (Å²) in [7, 11) is -3.86. The maximum atomic E-state index is 12.4. The van der Waals surface area contributed by atoms with E-state index >= 15 is 0 Å². The number of carbonyl (C=O) groups excluding carboxylic acids is 2. The summed E-state index contributed by atoms with van der Waals surface area (Å²) in [5.41, 5.74) is 1.98. The highest BCUT2D eigenvalue weighted by molar-refractivity contribution is 7.91. The molecule has 0 fully saturated rings. The number of ether oxygens (including phenoxy) is 1. The Morgan fingerprint density at radius 2 is 2.04 bits per heavy atom. The molecule has 0 atom stereocenters. The van der Waals surface area contributed by atoms with Crippen LogP contribution in [0.2, 0.25) is 0 Å². The molecule has 0 aliphatic carbocycles. The summed E-state index contributed by atoms with van der Waals surface area (Å²) >= 11 is 0.829. The Labute approximate surface area is 149 Å². The second-order valence-corrected chi connectivity index (χ2v) is 8.25. The van der Waals surface area contributed by atoms with E-state index in [4.69, 9.17) is 9.88 Å². The lowest BCUT2D eigenvalue weighted by Gasteiger charge is -2.29. The Balaban J connectivity index is 1.65. The van der Waals surface area contributed by atoms with Crippen molar-refractivity contribution in [2.75, 3.05) is 18.1 Å². The molecule has 1 aromatic heterocycles. The van der Waals surface area contributed by atoms with E-state index in [0.29, 0.717) is 6.54 Å². The Morgan fingerprint density at radius 1 is 1.28 bits per heavy atom. The van der Waals surface area contributed by atoms with Gasteiger partial charge < -0.3 is 9.64 Å². The van der Waals surface area contributed by atoms with Gasteiger partial charge in [0.25, 0.3) is 5.91 Å². The monoisotopic (exact) mass is 380 g/mol. The third kappa shape index (κ3) is 3.89. The summed E-state index contributed by atoms with van der Waals surface area (Å²) < 4.78 is 27.4. The van der Waals surface area contributed by atoms with Gasteiger partial charge in [-0.1, -0.05) is 18.2 Å². The van der Waals surface area contributed by atoms with Crippen molar-refractivity contribution in [3.05, 3.63) is 46.8 Å². The molecule has 0 radical (unpaired) electrons. The van der Waals surface area contributed by atoms with Crippen LogP contribution in [0.3, 0.4) is 0 Å². The Bertz CT molecular complexity index is 920. The van der Waals surface area contributed by atoms with E-state index < -0.39 is 22.6 Å². The minimum atomic E-state index is -3.86. The van der Waals surface area contributed by atoms with Crippen molar-refractivity contribution in [3.8, 4) is 0 Å². The Kier molecular flexibility index (Phi) is 4.89. The molecule has 0 spiro atoms. The number of fused-ring (bicyclic) bond motifs is 1. The number of sulfonamides is 1. The first-order valence-electron chi connectivity index (χ1n) is 7.53. The van der Waals surface area contributed by atoms with Crippen molar-refractivity contribution < 1.29 is 22.7 Å². The number of esters is 1. The number of thiophene rings is 1. The third-order valence-electron chi connectivity index (χ3n) is 3.83. The maximum Gasteiger partial charge on any atom is 0.339 e. The maximum absolute atomic E-state index is 12.4. The standard InChI is InChI=1S/C16H16N2O5S2/c17-25(21,22)15-8-12(10-24-15)16(20)23-9-14(19)18-7-3-5-11-4-1-2-6-13(11)18/h1-2,4,6,8,10H,3,5,7,9H2,(H2,17,21,22). The zero-order valence-electron chi connectivity index (χ0n) is 13.2. The Hall–Kier alpha value is -2.23. The third-order valence-corrected chi connectivity index (χ3v) is 6.22. The van der Waals surface area contributed by atoms with Crippen LogP contribution in [0.5, 0.6) is 0 Å². The van der Waals surface area contributed by atoms with Crippen LogP contribution in [0.1, 0.15) is 22.3 Å². The quantitative estimate of drug-likeness (QED) is 0.810. The molecule has 3 rings (SSSR count). The molecule has 1 aliphatic rings. The predicted molar refractivity (Wildman–Crippen MR) is 93.1 cm³/mol. The van der Waals surface area contributed by atoms with E-state index in [1.807, 2.05) is 24.3 Å². The number of anilines is 1. The van der Waals surface area contributed by atoms with Crippen molar-refractivity contribution in [1.29, 1.82) is 0 Å². The molecule has 9 heteroatoms. The fourth-order valence-corrected chi connectivity index (χ4v) is 4.23. The fraction of sp³-hybridized carbons (Fsp3) is 0.250. The van der Waals surface area contributed by atoms with Gasteiger partial charge in [0.15, 0.2) is 6.61 Å². The zero-order valence-corrected chi connectivity index (χ0v) is 14.8. The lowest BCUT2D eigenvalue weighted by molar-refractivity contribution is -0.121. The molecule has 0 unspecified atom stereocenters. The molecule has 1 aromatic carbocycles. The molecule has 0 saturated carbocycles. The van der Waals surface area contributed by atoms with Gasteiger partial charge in [-0.25, -0.2) is 18.4 Å². The van der Waals surface area contributed by atoms with Crippen LogP contribution >= 0.6 is 11.3 Å². The molecular weight excluding hydrogens is 364 g/mol. The molecule has 2 N–H and O–H groups in total. The molecule has 2 aromatic rings. The molecule has 0 saturated heterocycles. The summed E-state index contributed by atoms with van der Waals surface area (Å²) in [6.07, 6.45) is 1.75. The fourth-order valence-electron chi connectivity index (χ4n) is 2.65. The number of nitrogens with two attached hydrogens (primary N) is 1. The van der Waals surface area contributed by atoms with Crippen LogP contribution in [-0.2, 0) is 26.0 Å². The summed E-state index contributed by atoms with van der Waals surface area (Å²) in [5, 5.41) is 6.34. The van der Waals surface area contributed by atoms with E-state index in [-0.39, 0.29) is 15.7 Å². The smallest absolute Gasteiger partial charge is 0.339 e. The van der Waals surface area contributed by atoms with Gasteiger partial charge in [0.05, 0.1) is 5.56 Å². The average molecular weight is 380 g/mol. The van der Waals surface area contributed by atoms with Gasteiger partial charge >= 0.3 is 5.97 Å². The first-order chi connectivity index (χ1) is 11.9. The van der Waals surface area contributed by atoms with Crippen LogP contribution in [0, 0.1) is 0 Å². The lowest BCUT2D eigenvalue weighted by Crippen LogP contribution is -2.38. The van der Waals surface area contributed by atoms with Crippen molar-refractivity contribution in [1.82, 2.24) is 0 Å². The van der Waals surface area contributed by atoms with Gasteiger partial charge in [-0.2, -0.15) is 0 Å². The molecule has 7 nitrogen and oxygen atoms in total. The van der Waals surface area contributed by atoms with Gasteiger partial charge in [0.2, 0.25) is 10.0 Å². The van der Waals surface area contributed by atoms with E-state index in [9.17, 15) is 18.0 Å². The number of carbonyl (C=O) groups is 2. The number of hydrogen-bond donors (Lipinski definition) is 1. The van der Waals surface area contributed by atoms with Crippen molar-refractivity contribution in [3.63, 3.8) is 0 Å². The van der Waals surface area contributed by atoms with E-state index in [0.717, 1.165) is 41.5 Å². The second-order valence-electron chi connectivity index (χ2n) is 5.55. The van der Waals surface area contributed by atoms with Gasteiger partial charge in [-0.3, -0.25) is 4.79 Å². The molecule has 1 amide bonds. The van der Waals surface area contributed by atoms with Crippen molar-refractivity contribution in [2.24, 2.45) is 5.14 Å². The van der Waals surface area contributed by atoms with Crippen LogP contribution < -0.4 is 10.0 Å². The highest BCUT2D eigenvalue weighted by Gasteiger charge is 2.24. The van der Waals surface area contributed by atoms with Crippen LogP contribution in [0.25, 0.3) is 0 Å². The highest BCUT2D eigenvalue weighted by Crippen LogP contribution is 2.26. The minimum Gasteiger partial charge on any atom is -0.452 e. The lowest BCUT2D eigenvalue weighted by atomic mass is 10.0. The SMILES string of the molecule is NS(=O)(=O)c1cc(C(=O)OCC(=O)N2CCCc3ccccc32)cs1. The van der Waals surface area contributed by atoms with Crippen LogP contribution in [0.15, 0.2) is 39.9 Å². The number of nitrogens with zero attached hydrogens (tertiary/aromatic N) is 1. The second kappa shape index (κ2) is 6.95. The first-order valence-corrected chi connectivity index (χ1v) is 9.95. The number of hydrogen-bond acceptors (Lipinski definition) is 6. The number of rotatable bonds is 4. The number of amides is 1. The number of benzene rings is 1. The van der Waals surface area contributed by atoms with Crippen molar-refractivity contribution in [2.45, 2.75) is 17.1 Å². The number of aryl methyl sites for hydroxylation is 1. The summed E-state index contributed by atoms with van der Waals surface area (Å²) in [6.45, 7) is 0.162. The van der Waals surface area contributed by atoms with Crippen LogP contribution in [-0.4, -0.2) is 33.4 Å². The predicted octanol–water partition coefficient (Wildman–Crippen LogP) is 1.53. The molecule has 0 bridgehead atoms. The van der Waals surface area contributed by atoms with Crippen molar-refractivity contribution >= 4 is 38.9 Å². The largest absolute Gasteiger partial charge is 0.452 e. The minimum absolute atomic E-state index is 0.0564.